The number of rotatable bonds is 3. The topological polar surface area (TPSA) is 70.1 Å². The van der Waals surface area contributed by atoms with E-state index in [4.69, 9.17) is 10.5 Å². The van der Waals surface area contributed by atoms with Gasteiger partial charge in [0.25, 0.3) is 5.56 Å². The maximum absolute atomic E-state index is 13.7. The highest BCUT2D eigenvalue weighted by atomic mass is 19.1. The van der Waals surface area contributed by atoms with Gasteiger partial charge in [0.15, 0.2) is 5.82 Å². The molecule has 1 aromatic carbocycles. The van der Waals surface area contributed by atoms with Crippen molar-refractivity contribution in [2.24, 2.45) is 0 Å². The molecule has 94 valence electrons. The molecule has 0 spiro atoms. The van der Waals surface area contributed by atoms with Crippen molar-refractivity contribution < 1.29 is 9.13 Å². The molecule has 0 unspecified atom stereocenters. The van der Waals surface area contributed by atoms with Crippen molar-refractivity contribution >= 4 is 5.69 Å². The maximum Gasteiger partial charge on any atom is 0.267 e. The van der Waals surface area contributed by atoms with Crippen LogP contribution in [0.1, 0.15) is 5.56 Å². The summed E-state index contributed by atoms with van der Waals surface area (Å²) in [4.78, 5) is 11.6. The smallest absolute Gasteiger partial charge is 0.267 e. The molecule has 2 aromatic rings. The zero-order valence-corrected chi connectivity index (χ0v) is 9.76. The van der Waals surface area contributed by atoms with Crippen LogP contribution in [-0.4, -0.2) is 16.9 Å². The SMILES string of the molecule is COc1ccc(=O)n(Cc2cccc(N)c2F)n1. The van der Waals surface area contributed by atoms with Crippen molar-refractivity contribution in [2.45, 2.75) is 6.54 Å². The molecule has 0 radical (unpaired) electrons. The average molecular weight is 249 g/mol. The van der Waals surface area contributed by atoms with E-state index >= 15 is 0 Å². The molecular formula is C12H12FN3O2. The molecule has 0 saturated heterocycles. The van der Waals surface area contributed by atoms with Crippen LogP contribution in [0.2, 0.25) is 0 Å². The Labute approximate surface area is 103 Å². The Kier molecular flexibility index (Phi) is 3.27. The van der Waals surface area contributed by atoms with E-state index in [9.17, 15) is 9.18 Å². The van der Waals surface area contributed by atoms with Gasteiger partial charge in [0.2, 0.25) is 5.88 Å². The first-order valence-electron chi connectivity index (χ1n) is 5.27. The molecule has 1 heterocycles. The molecular weight excluding hydrogens is 237 g/mol. The number of anilines is 1. The Bertz CT molecular complexity index is 625. The van der Waals surface area contributed by atoms with Crippen molar-refractivity contribution in [3.63, 3.8) is 0 Å². The van der Waals surface area contributed by atoms with E-state index in [1.807, 2.05) is 0 Å². The fraction of sp³-hybridized carbons (Fsp3) is 0.167. The van der Waals surface area contributed by atoms with Crippen molar-refractivity contribution in [3.8, 4) is 5.88 Å². The number of methoxy groups -OCH3 is 1. The third-order valence-corrected chi connectivity index (χ3v) is 2.48. The zero-order chi connectivity index (χ0) is 13.1. The number of nitrogens with zero attached hydrogens (tertiary/aromatic N) is 2. The third-order valence-electron chi connectivity index (χ3n) is 2.48. The lowest BCUT2D eigenvalue weighted by atomic mass is 10.2. The average Bonchev–Trinajstić information content (AvgIpc) is 2.37. The Hall–Kier alpha value is -2.37. The van der Waals surface area contributed by atoms with Gasteiger partial charge in [-0.3, -0.25) is 4.79 Å². The Balaban J connectivity index is 2.39. The molecule has 6 heteroatoms. The second-order valence-electron chi connectivity index (χ2n) is 3.69. The Morgan fingerprint density at radius 1 is 1.39 bits per heavy atom. The zero-order valence-electron chi connectivity index (χ0n) is 9.76. The summed E-state index contributed by atoms with van der Waals surface area (Å²) in [6, 6.07) is 7.41. The normalized spacial score (nSPS) is 10.3. The first-order chi connectivity index (χ1) is 8.61. The van der Waals surface area contributed by atoms with E-state index in [-0.39, 0.29) is 17.8 Å². The summed E-state index contributed by atoms with van der Waals surface area (Å²) < 4.78 is 19.7. The molecule has 18 heavy (non-hydrogen) atoms. The van der Waals surface area contributed by atoms with E-state index in [0.717, 1.165) is 4.68 Å². The summed E-state index contributed by atoms with van der Waals surface area (Å²) in [6.45, 7) is 0.00685. The second-order valence-corrected chi connectivity index (χ2v) is 3.69. The van der Waals surface area contributed by atoms with Gasteiger partial charge in [-0.2, -0.15) is 0 Å². The van der Waals surface area contributed by atoms with Gasteiger partial charge < -0.3 is 10.5 Å². The van der Waals surface area contributed by atoms with Gasteiger partial charge in [-0.05, 0) is 6.07 Å². The standard InChI is InChI=1S/C12H12FN3O2/c1-18-10-5-6-11(17)16(15-10)7-8-3-2-4-9(14)12(8)13/h2-6H,7,14H2,1H3. The van der Waals surface area contributed by atoms with E-state index in [1.165, 1.54) is 25.3 Å². The monoisotopic (exact) mass is 249 g/mol. The molecule has 2 N–H and O–H groups in total. The summed E-state index contributed by atoms with van der Waals surface area (Å²) in [5.74, 6) is -0.243. The Morgan fingerprint density at radius 2 is 2.17 bits per heavy atom. The van der Waals surface area contributed by atoms with E-state index in [2.05, 4.69) is 5.10 Å². The van der Waals surface area contributed by atoms with E-state index < -0.39 is 5.82 Å². The molecule has 5 nitrogen and oxygen atoms in total. The fourth-order valence-corrected chi connectivity index (χ4v) is 1.54. The summed E-state index contributed by atoms with van der Waals surface area (Å²) in [7, 11) is 1.44. The lowest BCUT2D eigenvalue weighted by Gasteiger charge is -2.08. The van der Waals surface area contributed by atoms with Gasteiger partial charge in [0.05, 0.1) is 19.3 Å². The highest BCUT2D eigenvalue weighted by Crippen LogP contribution is 2.15. The number of halogens is 1. The van der Waals surface area contributed by atoms with Crippen LogP contribution in [-0.2, 0) is 6.54 Å². The van der Waals surface area contributed by atoms with Crippen molar-refractivity contribution in [1.29, 1.82) is 0 Å². The van der Waals surface area contributed by atoms with Crippen molar-refractivity contribution in [1.82, 2.24) is 9.78 Å². The number of aromatic nitrogens is 2. The van der Waals surface area contributed by atoms with Gasteiger partial charge in [0.1, 0.15) is 0 Å². The molecule has 0 aliphatic heterocycles. The van der Waals surface area contributed by atoms with Crippen LogP contribution in [0.15, 0.2) is 35.1 Å². The minimum absolute atomic E-state index is 0.00685. The fourth-order valence-electron chi connectivity index (χ4n) is 1.54. The molecule has 0 fully saturated rings. The number of benzene rings is 1. The predicted molar refractivity (Wildman–Crippen MR) is 65.0 cm³/mol. The van der Waals surface area contributed by atoms with Crippen LogP contribution in [0.25, 0.3) is 0 Å². The summed E-state index contributed by atoms with van der Waals surface area (Å²) >= 11 is 0. The van der Waals surface area contributed by atoms with Crippen molar-refractivity contribution in [3.05, 3.63) is 52.1 Å². The number of hydrogen-bond acceptors (Lipinski definition) is 4. The predicted octanol–water partition coefficient (Wildman–Crippen LogP) is 1.02. The second kappa shape index (κ2) is 4.87. The summed E-state index contributed by atoms with van der Waals surface area (Å²) in [5, 5.41) is 3.93. The quantitative estimate of drug-likeness (QED) is 0.824. The van der Waals surface area contributed by atoms with Gasteiger partial charge in [-0.1, -0.05) is 12.1 Å². The largest absolute Gasteiger partial charge is 0.480 e. The van der Waals surface area contributed by atoms with Crippen LogP contribution in [0.5, 0.6) is 5.88 Å². The molecule has 0 bridgehead atoms. The lowest BCUT2D eigenvalue weighted by Crippen LogP contribution is -2.23. The molecule has 0 amide bonds. The number of nitrogen functional groups attached to an aromatic ring is 1. The molecule has 0 aliphatic rings. The van der Waals surface area contributed by atoms with E-state index in [0.29, 0.717) is 11.4 Å². The lowest BCUT2D eigenvalue weighted by molar-refractivity contribution is 0.378. The number of ether oxygens (including phenoxy) is 1. The molecule has 2 rings (SSSR count). The van der Waals surface area contributed by atoms with Crippen molar-refractivity contribution in [2.75, 3.05) is 12.8 Å². The van der Waals surface area contributed by atoms with Crippen LogP contribution < -0.4 is 16.0 Å². The summed E-state index contributed by atoms with van der Waals surface area (Å²) in [5.41, 5.74) is 5.47. The van der Waals surface area contributed by atoms with Gasteiger partial charge in [-0.15, -0.1) is 5.10 Å². The minimum Gasteiger partial charge on any atom is -0.480 e. The van der Waals surface area contributed by atoms with Gasteiger partial charge >= 0.3 is 0 Å². The van der Waals surface area contributed by atoms with Crippen LogP contribution in [0.4, 0.5) is 10.1 Å². The third kappa shape index (κ3) is 2.32. The highest BCUT2D eigenvalue weighted by Gasteiger charge is 2.08. The highest BCUT2D eigenvalue weighted by molar-refractivity contribution is 5.42. The van der Waals surface area contributed by atoms with Gasteiger partial charge in [0, 0.05) is 17.7 Å². The number of hydrogen-bond donors (Lipinski definition) is 1. The van der Waals surface area contributed by atoms with Gasteiger partial charge in [-0.25, -0.2) is 9.07 Å². The minimum atomic E-state index is -0.533. The molecule has 0 atom stereocenters. The first-order valence-corrected chi connectivity index (χ1v) is 5.27. The summed E-state index contributed by atoms with van der Waals surface area (Å²) in [6.07, 6.45) is 0. The Morgan fingerprint density at radius 3 is 2.89 bits per heavy atom. The van der Waals surface area contributed by atoms with Crippen LogP contribution in [0, 0.1) is 5.82 Å². The van der Waals surface area contributed by atoms with Crippen LogP contribution >= 0.6 is 0 Å². The first kappa shape index (κ1) is 12.1. The van der Waals surface area contributed by atoms with Crippen LogP contribution in [0.3, 0.4) is 0 Å². The molecule has 0 aliphatic carbocycles. The number of nitrogens with two attached hydrogens (primary N) is 1. The van der Waals surface area contributed by atoms with E-state index in [1.54, 1.807) is 12.1 Å². The maximum atomic E-state index is 13.7. The molecule has 0 saturated carbocycles. The molecule has 1 aromatic heterocycles.